The van der Waals surface area contributed by atoms with Crippen LogP contribution in [0.25, 0.3) is 0 Å². The van der Waals surface area contributed by atoms with E-state index in [1.54, 1.807) is 7.11 Å². The van der Waals surface area contributed by atoms with E-state index in [0.717, 1.165) is 22.7 Å². The van der Waals surface area contributed by atoms with Crippen LogP contribution in [0.1, 0.15) is 32.3 Å². The van der Waals surface area contributed by atoms with Crippen molar-refractivity contribution in [2.24, 2.45) is 0 Å². The van der Waals surface area contributed by atoms with E-state index in [-0.39, 0.29) is 12.0 Å². The fourth-order valence-electron chi connectivity index (χ4n) is 3.42. The van der Waals surface area contributed by atoms with E-state index in [1.807, 2.05) is 62.4 Å². The van der Waals surface area contributed by atoms with Crippen molar-refractivity contribution < 1.29 is 19.0 Å². The molecule has 0 aliphatic carbocycles. The van der Waals surface area contributed by atoms with E-state index >= 15 is 0 Å². The Bertz CT molecular complexity index is 747. The van der Waals surface area contributed by atoms with Crippen molar-refractivity contribution >= 4 is 11.6 Å². The van der Waals surface area contributed by atoms with Crippen molar-refractivity contribution in [2.45, 2.75) is 38.2 Å². The number of ether oxygens (including phenoxy) is 3. The van der Waals surface area contributed by atoms with E-state index in [0.29, 0.717) is 26.1 Å². The van der Waals surface area contributed by atoms with E-state index in [2.05, 4.69) is 5.32 Å². The van der Waals surface area contributed by atoms with Crippen molar-refractivity contribution in [3.05, 3.63) is 54.1 Å². The topological polar surface area (TPSA) is 56.8 Å². The van der Waals surface area contributed by atoms with Crippen molar-refractivity contribution in [1.82, 2.24) is 0 Å². The summed E-state index contributed by atoms with van der Waals surface area (Å²) in [4.78, 5) is 13.3. The number of rotatable bonds is 6. The molecule has 5 nitrogen and oxygen atoms in total. The number of amides is 1. The Morgan fingerprint density at radius 1 is 1.00 bits per heavy atom. The van der Waals surface area contributed by atoms with E-state index in [9.17, 15) is 4.79 Å². The van der Waals surface area contributed by atoms with Gasteiger partial charge in [-0.1, -0.05) is 12.1 Å². The summed E-state index contributed by atoms with van der Waals surface area (Å²) >= 11 is 0. The molecule has 0 saturated carbocycles. The Labute approximate surface area is 160 Å². The van der Waals surface area contributed by atoms with Gasteiger partial charge in [-0.25, -0.2) is 0 Å². The van der Waals surface area contributed by atoms with Gasteiger partial charge in [0.15, 0.2) is 0 Å². The molecule has 2 aromatic rings. The van der Waals surface area contributed by atoms with E-state index in [1.165, 1.54) is 0 Å². The monoisotopic (exact) mass is 369 g/mol. The van der Waals surface area contributed by atoms with Crippen LogP contribution in [0.3, 0.4) is 0 Å². The lowest BCUT2D eigenvalue weighted by Gasteiger charge is -2.36. The summed E-state index contributed by atoms with van der Waals surface area (Å²) in [6, 6.07) is 15.2. The molecule has 0 unspecified atom stereocenters. The second-order valence-electron chi connectivity index (χ2n) is 7.07. The predicted octanol–water partition coefficient (Wildman–Crippen LogP) is 4.17. The van der Waals surface area contributed by atoms with Gasteiger partial charge in [-0.2, -0.15) is 0 Å². The van der Waals surface area contributed by atoms with Gasteiger partial charge in [-0.05, 0) is 68.7 Å². The molecule has 1 heterocycles. The van der Waals surface area contributed by atoms with Gasteiger partial charge in [0.1, 0.15) is 11.5 Å². The van der Waals surface area contributed by atoms with Crippen LogP contribution in [0.5, 0.6) is 11.5 Å². The Balaban J connectivity index is 1.81. The van der Waals surface area contributed by atoms with Gasteiger partial charge in [-0.15, -0.1) is 0 Å². The van der Waals surface area contributed by atoms with Crippen molar-refractivity contribution in [1.29, 1.82) is 0 Å². The van der Waals surface area contributed by atoms with Gasteiger partial charge < -0.3 is 19.5 Å². The molecule has 1 aliphatic rings. The molecule has 1 amide bonds. The van der Waals surface area contributed by atoms with Crippen molar-refractivity contribution in [3.8, 4) is 11.5 Å². The number of methoxy groups -OCH3 is 1. The maximum Gasteiger partial charge on any atom is 0.235 e. The van der Waals surface area contributed by atoms with Gasteiger partial charge in [0.2, 0.25) is 5.91 Å². The third-order valence-electron chi connectivity index (χ3n) is 4.91. The molecule has 1 N–H and O–H groups in total. The molecule has 0 radical (unpaired) electrons. The zero-order valence-corrected chi connectivity index (χ0v) is 16.2. The first kappa shape index (κ1) is 19.2. The minimum atomic E-state index is -0.600. The smallest absolute Gasteiger partial charge is 0.235 e. The molecular formula is C22H27NO4. The zero-order chi connectivity index (χ0) is 19.3. The van der Waals surface area contributed by atoms with E-state index < -0.39 is 5.41 Å². The first-order chi connectivity index (χ1) is 13.0. The van der Waals surface area contributed by atoms with Crippen LogP contribution < -0.4 is 14.8 Å². The Kier molecular flexibility index (Phi) is 6.01. The van der Waals surface area contributed by atoms with Gasteiger partial charge >= 0.3 is 0 Å². The highest BCUT2D eigenvalue weighted by molar-refractivity contribution is 5.99. The minimum absolute atomic E-state index is 0.00602. The molecule has 0 bridgehead atoms. The summed E-state index contributed by atoms with van der Waals surface area (Å²) in [5.74, 6) is 1.56. The predicted molar refractivity (Wildman–Crippen MR) is 106 cm³/mol. The number of hydrogen-bond donors (Lipinski definition) is 1. The highest BCUT2D eigenvalue weighted by Crippen LogP contribution is 2.37. The second-order valence-corrected chi connectivity index (χ2v) is 7.07. The number of hydrogen-bond acceptors (Lipinski definition) is 4. The summed E-state index contributed by atoms with van der Waals surface area (Å²) in [6.07, 6.45) is 1.42. The minimum Gasteiger partial charge on any atom is -0.497 e. The molecule has 1 saturated heterocycles. The number of anilines is 1. The number of carbonyl (C=O) groups is 1. The van der Waals surface area contributed by atoms with Crippen LogP contribution in [-0.2, 0) is 14.9 Å². The third-order valence-corrected chi connectivity index (χ3v) is 4.91. The summed E-state index contributed by atoms with van der Waals surface area (Å²) < 4.78 is 16.4. The second kappa shape index (κ2) is 8.44. The molecule has 144 valence electrons. The van der Waals surface area contributed by atoms with Crippen LogP contribution in [0, 0.1) is 0 Å². The van der Waals surface area contributed by atoms with Crippen LogP contribution >= 0.6 is 0 Å². The molecule has 1 fully saturated rings. The quantitative estimate of drug-likeness (QED) is 0.830. The molecule has 0 spiro atoms. The Morgan fingerprint density at radius 2 is 1.59 bits per heavy atom. The van der Waals surface area contributed by atoms with Crippen LogP contribution in [-0.4, -0.2) is 32.3 Å². The third kappa shape index (κ3) is 4.42. The van der Waals surface area contributed by atoms with E-state index in [4.69, 9.17) is 14.2 Å². The summed E-state index contributed by atoms with van der Waals surface area (Å²) in [5, 5.41) is 3.08. The Hall–Kier alpha value is -2.53. The number of nitrogens with one attached hydrogen (secondary N) is 1. The highest BCUT2D eigenvalue weighted by Gasteiger charge is 2.41. The van der Waals surface area contributed by atoms with Crippen LogP contribution in [0.2, 0.25) is 0 Å². The van der Waals surface area contributed by atoms with Crippen molar-refractivity contribution in [2.75, 3.05) is 25.6 Å². The largest absolute Gasteiger partial charge is 0.497 e. The van der Waals surface area contributed by atoms with Gasteiger partial charge in [0.25, 0.3) is 0 Å². The van der Waals surface area contributed by atoms with Crippen LogP contribution in [0.15, 0.2) is 48.5 Å². The molecule has 0 aromatic heterocycles. The lowest BCUT2D eigenvalue weighted by molar-refractivity contribution is -0.125. The molecule has 3 rings (SSSR count). The summed E-state index contributed by atoms with van der Waals surface area (Å²) in [7, 11) is 1.64. The highest BCUT2D eigenvalue weighted by atomic mass is 16.5. The maximum absolute atomic E-state index is 13.3. The average molecular weight is 369 g/mol. The number of benzene rings is 2. The molecule has 5 heteroatoms. The van der Waals surface area contributed by atoms with Gasteiger partial charge in [0.05, 0.1) is 18.6 Å². The van der Waals surface area contributed by atoms with Crippen LogP contribution in [0.4, 0.5) is 5.69 Å². The maximum atomic E-state index is 13.3. The molecule has 27 heavy (non-hydrogen) atoms. The molecule has 2 aromatic carbocycles. The first-order valence-electron chi connectivity index (χ1n) is 9.34. The normalized spacial score (nSPS) is 16.0. The van der Waals surface area contributed by atoms with Crippen molar-refractivity contribution in [3.63, 3.8) is 0 Å². The average Bonchev–Trinajstić information content (AvgIpc) is 2.69. The molecular weight excluding hydrogens is 342 g/mol. The zero-order valence-electron chi connectivity index (χ0n) is 16.2. The lowest BCUT2D eigenvalue weighted by atomic mass is 9.73. The van der Waals surface area contributed by atoms with Gasteiger partial charge in [-0.3, -0.25) is 4.79 Å². The first-order valence-corrected chi connectivity index (χ1v) is 9.34. The summed E-state index contributed by atoms with van der Waals surface area (Å²) in [5.41, 5.74) is 1.15. The Morgan fingerprint density at radius 3 is 2.15 bits per heavy atom. The summed E-state index contributed by atoms with van der Waals surface area (Å²) in [6.45, 7) is 5.11. The molecule has 0 atom stereocenters. The lowest BCUT2D eigenvalue weighted by Crippen LogP contribution is -2.44. The number of carbonyl (C=O) groups excluding carboxylic acids is 1. The standard InChI is InChI=1S/C22H27NO4/c1-16(2)27-20-10-6-18(7-11-20)23-21(24)22(12-14-26-15-13-22)17-4-8-19(25-3)9-5-17/h4-11,16H,12-15H2,1-3H3,(H,23,24). The fourth-order valence-corrected chi connectivity index (χ4v) is 3.42. The molecule has 1 aliphatic heterocycles. The SMILES string of the molecule is COc1ccc(C2(C(=O)Nc3ccc(OC(C)C)cc3)CCOCC2)cc1. The van der Waals surface area contributed by atoms with Gasteiger partial charge in [0, 0.05) is 18.9 Å². The fraction of sp³-hybridized carbons (Fsp3) is 0.409.